The minimum absolute atomic E-state index is 0.0682. The number of Topliss-reactive ketones (excluding diaryl/α,β-unsaturated/α-hetero) is 1. The summed E-state index contributed by atoms with van der Waals surface area (Å²) in [6, 6.07) is 7.41. The number of halogens is 1. The summed E-state index contributed by atoms with van der Waals surface area (Å²) >= 11 is 3.38. The number of ketones is 1. The molecule has 0 saturated heterocycles. The molecule has 0 bridgehead atoms. The Kier molecular flexibility index (Phi) is 6.43. The summed E-state index contributed by atoms with van der Waals surface area (Å²) in [7, 11) is -1.83. The quantitative estimate of drug-likeness (QED) is 0.371. The molecule has 0 spiro atoms. The molecule has 114 valence electrons. The zero-order valence-electron chi connectivity index (χ0n) is 13.8. The molecule has 0 aliphatic heterocycles. The largest absolute Gasteiger partial charge is 0.279 e. The van der Waals surface area contributed by atoms with E-state index in [1.807, 2.05) is 24.3 Å². The molecule has 0 N–H and O–H groups in total. The fourth-order valence-corrected chi connectivity index (χ4v) is 8.73. The molecule has 0 amide bonds. The van der Waals surface area contributed by atoms with Gasteiger partial charge in [-0.05, 0) is 46.8 Å². The van der Waals surface area contributed by atoms with Crippen LogP contribution >= 0.6 is 15.9 Å². The summed E-state index contributed by atoms with van der Waals surface area (Å²) < 4.78 is 0.974. The normalized spacial score (nSPS) is 11.7. The Morgan fingerprint density at radius 3 is 1.76 bits per heavy atom. The lowest BCUT2D eigenvalue weighted by Crippen LogP contribution is -2.43. The van der Waals surface area contributed by atoms with Gasteiger partial charge in [0.15, 0.2) is 0 Å². The highest BCUT2D eigenvalue weighted by Crippen LogP contribution is 2.40. The third kappa shape index (κ3) is 4.08. The first kappa shape index (κ1) is 18.2. The second-order valence-electron chi connectivity index (χ2n) is 6.48. The van der Waals surface area contributed by atoms with Crippen molar-refractivity contribution in [1.82, 2.24) is 0 Å². The molecule has 0 radical (unpaired) electrons. The standard InChI is InChI=1S/C18H25BrOSi/c1-13(2)21(14(3)4,15(5)6)12-11-18(20)16-7-9-17(19)10-8-16/h7-10,13-15H,1-6H3. The van der Waals surface area contributed by atoms with Gasteiger partial charge in [-0.25, -0.2) is 0 Å². The molecule has 0 saturated carbocycles. The predicted octanol–water partition coefficient (Wildman–Crippen LogP) is 5.85. The molecule has 0 fully saturated rings. The van der Waals surface area contributed by atoms with Gasteiger partial charge in [0.1, 0.15) is 8.07 Å². The van der Waals surface area contributed by atoms with Crippen molar-refractivity contribution < 1.29 is 4.79 Å². The third-order valence-corrected chi connectivity index (χ3v) is 11.2. The van der Waals surface area contributed by atoms with Gasteiger partial charge in [-0.15, -0.1) is 5.54 Å². The number of rotatable bonds is 4. The van der Waals surface area contributed by atoms with Gasteiger partial charge in [-0.3, -0.25) is 4.79 Å². The van der Waals surface area contributed by atoms with Gasteiger partial charge in [0, 0.05) is 10.0 Å². The lowest BCUT2D eigenvalue weighted by Gasteiger charge is -2.37. The number of hydrogen-bond donors (Lipinski definition) is 0. The van der Waals surface area contributed by atoms with Gasteiger partial charge in [-0.2, -0.15) is 0 Å². The Labute approximate surface area is 138 Å². The van der Waals surface area contributed by atoms with Crippen molar-refractivity contribution in [2.45, 2.75) is 58.2 Å². The van der Waals surface area contributed by atoms with Crippen LogP contribution in [-0.2, 0) is 0 Å². The fraction of sp³-hybridized carbons (Fsp3) is 0.500. The highest BCUT2D eigenvalue weighted by atomic mass is 79.9. The van der Waals surface area contributed by atoms with E-state index < -0.39 is 8.07 Å². The maximum atomic E-state index is 12.3. The van der Waals surface area contributed by atoms with Gasteiger partial charge in [0.05, 0.1) is 0 Å². The number of hydrogen-bond acceptors (Lipinski definition) is 1. The summed E-state index contributed by atoms with van der Waals surface area (Å²) in [5, 5.41) is 0. The van der Waals surface area contributed by atoms with Crippen LogP contribution in [0.1, 0.15) is 51.9 Å². The zero-order valence-corrected chi connectivity index (χ0v) is 16.4. The summed E-state index contributed by atoms with van der Waals surface area (Å²) in [6.07, 6.45) is 0. The molecule has 21 heavy (non-hydrogen) atoms. The summed E-state index contributed by atoms with van der Waals surface area (Å²) in [5.41, 5.74) is 5.78. The van der Waals surface area contributed by atoms with Crippen LogP contribution in [0.25, 0.3) is 0 Å². The van der Waals surface area contributed by atoms with Gasteiger partial charge < -0.3 is 0 Å². The van der Waals surface area contributed by atoms with Crippen LogP contribution in [0.3, 0.4) is 0 Å². The lowest BCUT2D eigenvalue weighted by molar-refractivity contribution is 0.105. The fourth-order valence-electron chi connectivity index (χ4n) is 3.27. The molecular formula is C18H25BrOSi. The molecule has 3 heteroatoms. The Balaban J connectivity index is 3.16. The summed E-state index contributed by atoms with van der Waals surface area (Å²) in [5.74, 6) is 2.89. The van der Waals surface area contributed by atoms with E-state index in [1.165, 1.54) is 0 Å². The first-order valence-electron chi connectivity index (χ1n) is 7.54. The van der Waals surface area contributed by atoms with E-state index >= 15 is 0 Å². The molecule has 0 unspecified atom stereocenters. The molecule has 0 aliphatic rings. The molecule has 1 rings (SSSR count). The Bertz CT molecular complexity index is 525. The van der Waals surface area contributed by atoms with Crippen molar-refractivity contribution in [3.63, 3.8) is 0 Å². The maximum absolute atomic E-state index is 12.3. The van der Waals surface area contributed by atoms with Crippen molar-refractivity contribution >= 4 is 29.8 Å². The van der Waals surface area contributed by atoms with E-state index in [0.717, 1.165) is 4.47 Å². The van der Waals surface area contributed by atoms with Gasteiger partial charge >= 0.3 is 0 Å². The van der Waals surface area contributed by atoms with Crippen molar-refractivity contribution in [3.05, 3.63) is 34.3 Å². The van der Waals surface area contributed by atoms with Crippen LogP contribution < -0.4 is 0 Å². The molecule has 1 nitrogen and oxygen atoms in total. The first-order chi connectivity index (χ1) is 9.71. The molecule has 0 atom stereocenters. The molecule has 0 heterocycles. The van der Waals surface area contributed by atoms with Gasteiger partial charge in [-0.1, -0.05) is 57.5 Å². The minimum atomic E-state index is -1.83. The summed E-state index contributed by atoms with van der Waals surface area (Å²) in [4.78, 5) is 12.3. The Morgan fingerprint density at radius 2 is 1.38 bits per heavy atom. The molecular weight excluding hydrogens is 340 g/mol. The van der Waals surface area contributed by atoms with E-state index in [4.69, 9.17) is 0 Å². The third-order valence-electron chi connectivity index (χ3n) is 4.36. The average molecular weight is 365 g/mol. The van der Waals surface area contributed by atoms with Crippen LogP contribution in [0.5, 0.6) is 0 Å². The van der Waals surface area contributed by atoms with Crippen molar-refractivity contribution in [1.29, 1.82) is 0 Å². The molecule has 1 aromatic carbocycles. The van der Waals surface area contributed by atoms with E-state index in [1.54, 1.807) is 0 Å². The number of benzene rings is 1. The second-order valence-corrected chi connectivity index (χ2v) is 13.0. The Hall–Kier alpha value is -0.853. The minimum Gasteiger partial charge on any atom is -0.279 e. The van der Waals surface area contributed by atoms with Crippen LogP contribution in [0.15, 0.2) is 28.7 Å². The van der Waals surface area contributed by atoms with Crippen LogP contribution in [0, 0.1) is 11.5 Å². The highest BCUT2D eigenvalue weighted by molar-refractivity contribution is 9.10. The van der Waals surface area contributed by atoms with Crippen molar-refractivity contribution in [3.8, 4) is 11.5 Å². The van der Waals surface area contributed by atoms with E-state index in [0.29, 0.717) is 22.2 Å². The molecule has 0 aliphatic carbocycles. The first-order valence-corrected chi connectivity index (χ1v) is 10.6. The van der Waals surface area contributed by atoms with E-state index in [2.05, 4.69) is 68.9 Å². The maximum Gasteiger partial charge on any atom is 0.235 e. The van der Waals surface area contributed by atoms with Crippen molar-refractivity contribution in [2.75, 3.05) is 0 Å². The zero-order chi connectivity index (χ0) is 16.2. The van der Waals surface area contributed by atoms with E-state index in [-0.39, 0.29) is 5.78 Å². The lowest BCUT2D eigenvalue weighted by atomic mass is 10.1. The average Bonchev–Trinajstić information content (AvgIpc) is 2.38. The highest BCUT2D eigenvalue weighted by Gasteiger charge is 2.41. The monoisotopic (exact) mass is 364 g/mol. The molecule has 0 aromatic heterocycles. The van der Waals surface area contributed by atoms with Crippen LogP contribution in [0.4, 0.5) is 0 Å². The second kappa shape index (κ2) is 7.42. The van der Waals surface area contributed by atoms with Gasteiger partial charge in [0.25, 0.3) is 0 Å². The number of carbonyl (C=O) groups is 1. The van der Waals surface area contributed by atoms with E-state index in [9.17, 15) is 4.79 Å². The van der Waals surface area contributed by atoms with Crippen molar-refractivity contribution in [2.24, 2.45) is 0 Å². The Morgan fingerprint density at radius 1 is 0.952 bits per heavy atom. The molecule has 1 aromatic rings. The van der Waals surface area contributed by atoms with Crippen LogP contribution in [-0.4, -0.2) is 13.9 Å². The number of carbonyl (C=O) groups excluding carboxylic acids is 1. The van der Waals surface area contributed by atoms with Gasteiger partial charge in [0.2, 0.25) is 5.78 Å². The predicted molar refractivity (Wildman–Crippen MR) is 97.3 cm³/mol. The smallest absolute Gasteiger partial charge is 0.235 e. The SMILES string of the molecule is CC(C)[Si](C#CC(=O)c1ccc(Br)cc1)(C(C)C)C(C)C. The summed E-state index contributed by atoms with van der Waals surface area (Å²) in [6.45, 7) is 13.5. The topological polar surface area (TPSA) is 17.1 Å². The van der Waals surface area contributed by atoms with Crippen LogP contribution in [0.2, 0.25) is 16.6 Å².